The Kier molecular flexibility index (Phi) is 7.22. The lowest BCUT2D eigenvalue weighted by Crippen LogP contribution is -2.23. The number of pyridine rings is 1. The number of fused-ring (bicyclic) bond motifs is 1. The van der Waals surface area contributed by atoms with Gasteiger partial charge in [0.25, 0.3) is 0 Å². The number of hydrogen-bond acceptors (Lipinski definition) is 8. The monoisotopic (exact) mass is 532 g/mol. The van der Waals surface area contributed by atoms with Gasteiger partial charge in [-0.25, -0.2) is 13.8 Å². The molecule has 39 heavy (non-hydrogen) atoms. The summed E-state index contributed by atoms with van der Waals surface area (Å²) < 4.78 is 48.9. The van der Waals surface area contributed by atoms with Gasteiger partial charge in [0.05, 0.1) is 56.1 Å². The van der Waals surface area contributed by atoms with E-state index < -0.39 is 11.6 Å². The van der Waals surface area contributed by atoms with Crippen LogP contribution in [0.4, 0.5) is 20.2 Å². The van der Waals surface area contributed by atoms with Crippen LogP contribution in [0.25, 0.3) is 22.3 Å². The molecule has 200 valence electrons. The second-order valence-electron chi connectivity index (χ2n) is 8.64. The predicted octanol–water partition coefficient (Wildman–Crippen LogP) is 5.11. The van der Waals surface area contributed by atoms with E-state index in [1.54, 1.807) is 60.7 Å². The summed E-state index contributed by atoms with van der Waals surface area (Å²) in [5.41, 5.74) is 3.40. The number of aryl methyl sites for hydroxylation is 1. The maximum absolute atomic E-state index is 15.7. The molecular formula is C28H26F2N6O3. The van der Waals surface area contributed by atoms with Gasteiger partial charge in [-0.3, -0.25) is 14.6 Å². The average molecular weight is 533 g/mol. The molecule has 9 nitrogen and oxygen atoms in total. The molecule has 5 aromatic rings. The molecule has 0 aliphatic rings. The van der Waals surface area contributed by atoms with Crippen LogP contribution in [0.1, 0.15) is 5.69 Å². The summed E-state index contributed by atoms with van der Waals surface area (Å²) in [4.78, 5) is 15.2. The Balaban J connectivity index is 1.64. The first-order chi connectivity index (χ1) is 18.9. The Hall–Kier alpha value is -4.80. The molecule has 0 amide bonds. The minimum Gasteiger partial charge on any atom is -0.495 e. The van der Waals surface area contributed by atoms with E-state index in [4.69, 9.17) is 19.2 Å². The van der Waals surface area contributed by atoms with Crippen molar-refractivity contribution in [2.45, 2.75) is 6.42 Å². The highest BCUT2D eigenvalue weighted by Crippen LogP contribution is 2.40. The molecule has 11 heteroatoms. The maximum atomic E-state index is 15.7. The SMILES string of the molecule is COc1cccnc1CCN(c1ccc2ncc(-c3cnn(C)c3)nc2c1)c1c(F)c(OC)cc(OC)c1F. The minimum atomic E-state index is -0.862. The van der Waals surface area contributed by atoms with Crippen LogP contribution in [0.5, 0.6) is 17.2 Å². The maximum Gasteiger partial charge on any atom is 0.191 e. The van der Waals surface area contributed by atoms with Crippen molar-refractivity contribution >= 4 is 22.4 Å². The van der Waals surface area contributed by atoms with Crippen LogP contribution in [0.2, 0.25) is 0 Å². The Labute approximate surface area is 223 Å². The van der Waals surface area contributed by atoms with Crippen LogP contribution in [-0.2, 0) is 13.5 Å². The number of methoxy groups -OCH3 is 3. The quantitative estimate of drug-likeness (QED) is 0.259. The van der Waals surface area contributed by atoms with Crippen molar-refractivity contribution in [1.29, 1.82) is 0 Å². The molecule has 0 bridgehead atoms. The van der Waals surface area contributed by atoms with Crippen molar-refractivity contribution in [3.05, 3.63) is 78.5 Å². The number of anilines is 2. The van der Waals surface area contributed by atoms with Crippen LogP contribution < -0.4 is 19.1 Å². The first-order valence-electron chi connectivity index (χ1n) is 12.0. The second-order valence-corrected chi connectivity index (χ2v) is 8.64. The zero-order chi connectivity index (χ0) is 27.5. The van der Waals surface area contributed by atoms with E-state index in [1.807, 2.05) is 13.2 Å². The number of aromatic nitrogens is 5. The van der Waals surface area contributed by atoms with Gasteiger partial charge in [-0.15, -0.1) is 0 Å². The van der Waals surface area contributed by atoms with Crippen molar-refractivity contribution in [2.24, 2.45) is 7.05 Å². The smallest absolute Gasteiger partial charge is 0.191 e. The molecule has 0 saturated carbocycles. The van der Waals surface area contributed by atoms with E-state index in [0.717, 1.165) is 5.56 Å². The van der Waals surface area contributed by atoms with E-state index >= 15 is 8.78 Å². The van der Waals surface area contributed by atoms with Gasteiger partial charge >= 0.3 is 0 Å². The highest BCUT2D eigenvalue weighted by molar-refractivity contribution is 5.83. The lowest BCUT2D eigenvalue weighted by Gasteiger charge is -2.27. The molecule has 0 atom stereocenters. The average Bonchev–Trinajstić information content (AvgIpc) is 3.40. The van der Waals surface area contributed by atoms with Gasteiger partial charge in [0.15, 0.2) is 23.1 Å². The fourth-order valence-corrected chi connectivity index (χ4v) is 4.35. The molecule has 0 aliphatic carbocycles. The third kappa shape index (κ3) is 5.02. The number of nitrogens with zero attached hydrogens (tertiary/aromatic N) is 6. The van der Waals surface area contributed by atoms with Gasteiger partial charge in [0.2, 0.25) is 0 Å². The summed E-state index contributed by atoms with van der Waals surface area (Å²) in [6.45, 7) is 0.152. The predicted molar refractivity (Wildman–Crippen MR) is 143 cm³/mol. The Morgan fingerprint density at radius 2 is 1.62 bits per heavy atom. The molecule has 0 radical (unpaired) electrons. The number of rotatable bonds is 9. The molecule has 0 fully saturated rings. The standard InChI is InChI=1S/C28H26F2N6O3/c1-35-16-17(14-33-35)22-15-32-19-8-7-18(12-21(19)34-22)36(11-9-20-23(37-2)6-5-10-31-20)28-26(29)24(38-3)13-25(39-4)27(28)30/h5-8,10,12-16H,9,11H2,1-4H3. The van der Waals surface area contributed by atoms with Gasteiger partial charge in [-0.2, -0.15) is 5.10 Å². The van der Waals surface area contributed by atoms with E-state index in [9.17, 15) is 0 Å². The van der Waals surface area contributed by atoms with Gasteiger partial charge in [0.1, 0.15) is 11.4 Å². The molecule has 0 N–H and O–H groups in total. The van der Waals surface area contributed by atoms with Gasteiger partial charge in [-0.05, 0) is 30.3 Å². The van der Waals surface area contributed by atoms with Crippen molar-refractivity contribution < 1.29 is 23.0 Å². The minimum absolute atomic E-state index is 0.150. The van der Waals surface area contributed by atoms with Crippen molar-refractivity contribution in [3.8, 4) is 28.5 Å². The molecule has 5 rings (SSSR count). The van der Waals surface area contributed by atoms with Crippen molar-refractivity contribution in [2.75, 3.05) is 32.8 Å². The lowest BCUT2D eigenvalue weighted by molar-refractivity contribution is 0.359. The molecule has 3 heterocycles. The molecule has 0 saturated heterocycles. The fraction of sp³-hybridized carbons (Fsp3) is 0.214. The summed E-state index contributed by atoms with van der Waals surface area (Å²) in [6, 6.07) is 9.96. The fourth-order valence-electron chi connectivity index (χ4n) is 4.35. The summed E-state index contributed by atoms with van der Waals surface area (Å²) in [7, 11) is 5.99. The summed E-state index contributed by atoms with van der Waals surface area (Å²) >= 11 is 0. The number of ether oxygens (including phenoxy) is 3. The van der Waals surface area contributed by atoms with Crippen LogP contribution in [-0.4, -0.2) is 52.6 Å². The van der Waals surface area contributed by atoms with Crippen LogP contribution in [0.3, 0.4) is 0 Å². The lowest BCUT2D eigenvalue weighted by atomic mass is 10.1. The van der Waals surface area contributed by atoms with Crippen LogP contribution >= 0.6 is 0 Å². The highest BCUT2D eigenvalue weighted by atomic mass is 19.1. The topological polar surface area (TPSA) is 87.4 Å². The largest absolute Gasteiger partial charge is 0.495 e. The zero-order valence-corrected chi connectivity index (χ0v) is 21.9. The Morgan fingerprint density at radius 1 is 0.872 bits per heavy atom. The van der Waals surface area contributed by atoms with Gasteiger partial charge in [-0.1, -0.05) is 0 Å². The number of halogens is 2. The normalized spacial score (nSPS) is 11.0. The van der Waals surface area contributed by atoms with E-state index in [0.29, 0.717) is 40.3 Å². The molecule has 0 unspecified atom stereocenters. The highest BCUT2D eigenvalue weighted by Gasteiger charge is 2.26. The van der Waals surface area contributed by atoms with Crippen molar-refractivity contribution in [3.63, 3.8) is 0 Å². The molecular weight excluding hydrogens is 506 g/mol. The van der Waals surface area contributed by atoms with E-state index in [2.05, 4.69) is 15.1 Å². The second kappa shape index (κ2) is 10.9. The molecule has 2 aromatic carbocycles. The first-order valence-corrected chi connectivity index (χ1v) is 12.0. The third-order valence-electron chi connectivity index (χ3n) is 6.30. The number of hydrogen-bond donors (Lipinski definition) is 0. The number of benzene rings is 2. The summed E-state index contributed by atoms with van der Waals surface area (Å²) in [6.07, 6.45) is 7.15. The van der Waals surface area contributed by atoms with Crippen LogP contribution in [0.15, 0.2) is 61.2 Å². The van der Waals surface area contributed by atoms with Gasteiger partial charge in [0, 0.05) is 49.7 Å². The van der Waals surface area contributed by atoms with Crippen LogP contribution in [0, 0.1) is 11.6 Å². The Bertz CT molecular complexity index is 1610. The van der Waals surface area contributed by atoms with Crippen molar-refractivity contribution in [1.82, 2.24) is 24.7 Å². The third-order valence-corrected chi connectivity index (χ3v) is 6.30. The molecule has 0 spiro atoms. The zero-order valence-electron chi connectivity index (χ0n) is 21.9. The molecule has 3 aromatic heterocycles. The van der Waals surface area contributed by atoms with Gasteiger partial charge < -0.3 is 19.1 Å². The first kappa shape index (κ1) is 25.8. The van der Waals surface area contributed by atoms with E-state index in [-0.39, 0.29) is 23.7 Å². The Morgan fingerprint density at radius 3 is 2.28 bits per heavy atom. The summed E-state index contributed by atoms with van der Waals surface area (Å²) in [5.74, 6) is -1.45. The molecule has 0 aliphatic heterocycles. The summed E-state index contributed by atoms with van der Waals surface area (Å²) in [5, 5.41) is 4.20. The van der Waals surface area contributed by atoms with E-state index in [1.165, 1.54) is 25.2 Å².